The molecule has 1 heterocycles. The largest absolute Gasteiger partial charge is 0.508 e. The monoisotopic (exact) mass is 318 g/mol. The molecular formula is C15H21F3N2O2. The van der Waals surface area contributed by atoms with Crippen LogP contribution < -0.4 is 5.32 Å². The third kappa shape index (κ3) is 4.12. The van der Waals surface area contributed by atoms with Gasteiger partial charge >= 0.3 is 6.18 Å². The summed E-state index contributed by atoms with van der Waals surface area (Å²) in [6.45, 7) is 5.96. The Bertz CT molecular complexity index is 502. The Kier molecular flexibility index (Phi) is 5.31. The number of halogens is 3. The summed E-state index contributed by atoms with van der Waals surface area (Å²) in [5.74, 6) is -0.713. The standard InChI is InChI=1S/C15H21F3N2O2/c1-10(9-20-6-4-19-5-7-20)14(22)12-3-2-11(8-13(12)21)15(16,17)18/h2-3,8,10,14,19,21-22H,4-7,9H2,1H3. The Balaban J connectivity index is 2.06. The van der Waals surface area contributed by atoms with Gasteiger partial charge in [-0.25, -0.2) is 0 Å². The van der Waals surface area contributed by atoms with Crippen LogP contribution in [0.15, 0.2) is 18.2 Å². The Labute approximate surface area is 127 Å². The molecule has 2 atom stereocenters. The van der Waals surface area contributed by atoms with E-state index in [9.17, 15) is 23.4 Å². The van der Waals surface area contributed by atoms with Crippen LogP contribution in [0.4, 0.5) is 13.2 Å². The third-order valence-corrected chi connectivity index (χ3v) is 3.97. The number of phenols is 1. The second kappa shape index (κ2) is 6.85. The molecule has 0 saturated carbocycles. The molecule has 124 valence electrons. The highest BCUT2D eigenvalue weighted by atomic mass is 19.4. The smallest absolute Gasteiger partial charge is 0.416 e. The molecule has 1 aliphatic rings. The zero-order valence-electron chi connectivity index (χ0n) is 12.4. The molecule has 7 heteroatoms. The van der Waals surface area contributed by atoms with Gasteiger partial charge in [0, 0.05) is 38.3 Å². The second-order valence-corrected chi connectivity index (χ2v) is 5.74. The molecule has 4 nitrogen and oxygen atoms in total. The maximum Gasteiger partial charge on any atom is 0.416 e. The SMILES string of the molecule is CC(CN1CCNCC1)C(O)c1ccc(C(F)(F)F)cc1O. The molecule has 0 radical (unpaired) electrons. The summed E-state index contributed by atoms with van der Waals surface area (Å²) >= 11 is 0. The number of phenolic OH excluding ortho intramolecular Hbond substituents is 1. The van der Waals surface area contributed by atoms with Gasteiger partial charge in [0.05, 0.1) is 11.7 Å². The Morgan fingerprint density at radius 1 is 1.27 bits per heavy atom. The fourth-order valence-corrected chi connectivity index (χ4v) is 2.68. The molecule has 1 aromatic carbocycles. The number of nitrogens with one attached hydrogen (secondary N) is 1. The molecule has 22 heavy (non-hydrogen) atoms. The van der Waals surface area contributed by atoms with Crippen LogP contribution >= 0.6 is 0 Å². The van der Waals surface area contributed by atoms with Gasteiger partial charge in [0.25, 0.3) is 0 Å². The lowest BCUT2D eigenvalue weighted by Crippen LogP contribution is -2.45. The summed E-state index contributed by atoms with van der Waals surface area (Å²) in [6.07, 6.45) is -5.51. The van der Waals surface area contributed by atoms with Crippen molar-refractivity contribution in [1.29, 1.82) is 0 Å². The van der Waals surface area contributed by atoms with Crippen LogP contribution in [-0.4, -0.2) is 47.8 Å². The van der Waals surface area contributed by atoms with Gasteiger partial charge in [-0.05, 0) is 18.1 Å². The minimum atomic E-state index is -4.51. The molecule has 1 aliphatic heterocycles. The van der Waals surface area contributed by atoms with Gasteiger partial charge in [-0.2, -0.15) is 13.2 Å². The molecule has 2 unspecified atom stereocenters. The van der Waals surface area contributed by atoms with E-state index in [1.807, 2.05) is 6.92 Å². The maximum atomic E-state index is 12.6. The molecule has 0 bridgehead atoms. The first-order valence-electron chi connectivity index (χ1n) is 7.30. The van der Waals surface area contributed by atoms with Crippen LogP contribution in [0.3, 0.4) is 0 Å². The maximum absolute atomic E-state index is 12.6. The van der Waals surface area contributed by atoms with E-state index in [4.69, 9.17) is 0 Å². The van der Waals surface area contributed by atoms with E-state index in [1.165, 1.54) is 0 Å². The van der Waals surface area contributed by atoms with Crippen molar-refractivity contribution in [3.05, 3.63) is 29.3 Å². The van der Waals surface area contributed by atoms with Gasteiger partial charge in [-0.3, -0.25) is 0 Å². The molecular weight excluding hydrogens is 297 g/mol. The van der Waals surface area contributed by atoms with Crippen LogP contribution in [-0.2, 0) is 6.18 Å². The van der Waals surface area contributed by atoms with E-state index in [2.05, 4.69) is 10.2 Å². The predicted molar refractivity (Wildman–Crippen MR) is 76.5 cm³/mol. The lowest BCUT2D eigenvalue weighted by Gasteiger charge is -2.31. The van der Waals surface area contributed by atoms with Crippen molar-refractivity contribution in [2.24, 2.45) is 5.92 Å². The number of aliphatic hydroxyl groups excluding tert-OH is 1. The number of nitrogens with zero attached hydrogens (tertiary/aromatic N) is 1. The van der Waals surface area contributed by atoms with Gasteiger partial charge in [0.2, 0.25) is 0 Å². The quantitative estimate of drug-likeness (QED) is 0.795. The number of hydrogen-bond donors (Lipinski definition) is 3. The van der Waals surface area contributed by atoms with Crippen molar-refractivity contribution < 1.29 is 23.4 Å². The number of aromatic hydroxyl groups is 1. The topological polar surface area (TPSA) is 55.7 Å². The van der Waals surface area contributed by atoms with Crippen LogP contribution in [0.2, 0.25) is 0 Å². The molecule has 0 spiro atoms. The van der Waals surface area contributed by atoms with Crippen molar-refractivity contribution >= 4 is 0 Å². The van der Waals surface area contributed by atoms with Crippen molar-refractivity contribution in [2.75, 3.05) is 32.7 Å². The number of piperazine rings is 1. The second-order valence-electron chi connectivity index (χ2n) is 5.74. The van der Waals surface area contributed by atoms with E-state index >= 15 is 0 Å². The highest BCUT2D eigenvalue weighted by Crippen LogP contribution is 2.36. The van der Waals surface area contributed by atoms with Gasteiger partial charge in [0.15, 0.2) is 0 Å². The first-order valence-corrected chi connectivity index (χ1v) is 7.30. The number of rotatable bonds is 4. The number of hydrogen-bond acceptors (Lipinski definition) is 4. The fourth-order valence-electron chi connectivity index (χ4n) is 2.68. The van der Waals surface area contributed by atoms with E-state index in [-0.39, 0.29) is 11.5 Å². The molecule has 1 saturated heterocycles. The van der Waals surface area contributed by atoms with Crippen molar-refractivity contribution in [3.8, 4) is 5.75 Å². The minimum Gasteiger partial charge on any atom is -0.508 e. The number of benzene rings is 1. The highest BCUT2D eigenvalue weighted by Gasteiger charge is 2.32. The average Bonchev–Trinajstić information content (AvgIpc) is 2.46. The molecule has 1 aromatic rings. The Hall–Kier alpha value is -1.31. The van der Waals surface area contributed by atoms with Crippen LogP contribution in [0.5, 0.6) is 5.75 Å². The molecule has 0 aliphatic carbocycles. The molecule has 3 N–H and O–H groups in total. The zero-order valence-corrected chi connectivity index (χ0v) is 12.4. The van der Waals surface area contributed by atoms with Gasteiger partial charge in [-0.15, -0.1) is 0 Å². The van der Waals surface area contributed by atoms with Crippen LogP contribution in [0.1, 0.15) is 24.2 Å². The summed E-state index contributed by atoms with van der Waals surface area (Å²) in [7, 11) is 0. The molecule has 0 aromatic heterocycles. The highest BCUT2D eigenvalue weighted by molar-refractivity contribution is 5.39. The van der Waals surface area contributed by atoms with Crippen molar-refractivity contribution in [2.45, 2.75) is 19.2 Å². The summed E-state index contributed by atoms with van der Waals surface area (Å²) < 4.78 is 37.7. The predicted octanol–water partition coefficient (Wildman–Crippen LogP) is 1.99. The number of aliphatic hydroxyl groups is 1. The molecule has 1 fully saturated rings. The molecule has 0 amide bonds. The summed E-state index contributed by atoms with van der Waals surface area (Å²) in [6, 6.07) is 2.70. The van der Waals surface area contributed by atoms with Crippen molar-refractivity contribution in [3.63, 3.8) is 0 Å². The minimum absolute atomic E-state index is 0.135. The lowest BCUT2D eigenvalue weighted by molar-refractivity contribution is -0.137. The number of alkyl halides is 3. The summed E-state index contributed by atoms with van der Waals surface area (Å²) in [5, 5.41) is 23.3. The van der Waals surface area contributed by atoms with Crippen molar-refractivity contribution in [1.82, 2.24) is 10.2 Å². The van der Waals surface area contributed by atoms with Crippen LogP contribution in [0.25, 0.3) is 0 Å². The zero-order chi connectivity index (χ0) is 16.3. The van der Waals surface area contributed by atoms with Gasteiger partial charge in [0.1, 0.15) is 5.75 Å². The van der Waals surface area contributed by atoms with Gasteiger partial charge in [-0.1, -0.05) is 13.0 Å². The van der Waals surface area contributed by atoms with E-state index < -0.39 is 23.6 Å². The Morgan fingerprint density at radius 2 is 1.91 bits per heavy atom. The average molecular weight is 318 g/mol. The van der Waals surface area contributed by atoms with Gasteiger partial charge < -0.3 is 20.4 Å². The third-order valence-electron chi connectivity index (χ3n) is 3.97. The normalized spacial score (nSPS) is 19.9. The summed E-state index contributed by atoms with van der Waals surface area (Å²) in [4.78, 5) is 2.19. The van der Waals surface area contributed by atoms with E-state index in [0.29, 0.717) is 12.6 Å². The first-order chi connectivity index (χ1) is 10.3. The van der Waals surface area contributed by atoms with Crippen LogP contribution in [0, 0.1) is 5.92 Å². The molecule has 2 rings (SSSR count). The Morgan fingerprint density at radius 3 is 2.45 bits per heavy atom. The first kappa shape index (κ1) is 17.1. The van der Waals surface area contributed by atoms with E-state index in [1.54, 1.807) is 0 Å². The lowest BCUT2D eigenvalue weighted by atomic mass is 9.95. The summed E-state index contributed by atoms with van der Waals surface area (Å²) in [5.41, 5.74) is -0.786. The van der Waals surface area contributed by atoms with E-state index in [0.717, 1.165) is 38.3 Å². The fraction of sp³-hybridized carbons (Fsp3) is 0.600.